The molecule has 0 amide bonds. The van der Waals surface area contributed by atoms with Gasteiger partial charge in [-0.1, -0.05) is 41.9 Å². The molecule has 1 atom stereocenters. The van der Waals surface area contributed by atoms with Crippen LogP contribution in [0, 0.1) is 11.3 Å². The lowest BCUT2D eigenvalue weighted by Crippen LogP contribution is -2.09. The van der Waals surface area contributed by atoms with Crippen molar-refractivity contribution < 1.29 is 8.78 Å². The average molecular weight is 293 g/mol. The molecular weight excluding hydrogens is 282 g/mol. The van der Waals surface area contributed by atoms with Gasteiger partial charge in [-0.2, -0.15) is 5.26 Å². The highest BCUT2D eigenvalue weighted by Crippen LogP contribution is 2.27. The molecule has 0 saturated heterocycles. The zero-order valence-electron chi connectivity index (χ0n) is 10.4. The van der Waals surface area contributed by atoms with Crippen LogP contribution in [-0.4, -0.2) is 0 Å². The predicted octanol–water partition coefficient (Wildman–Crippen LogP) is 4.95. The van der Waals surface area contributed by atoms with E-state index >= 15 is 0 Å². The van der Waals surface area contributed by atoms with Crippen molar-refractivity contribution in [1.29, 1.82) is 5.26 Å². The number of hydrogen-bond acceptors (Lipinski definition) is 2. The van der Waals surface area contributed by atoms with Crippen LogP contribution in [0.2, 0.25) is 5.02 Å². The van der Waals surface area contributed by atoms with E-state index in [1.54, 1.807) is 30.3 Å². The molecule has 0 aliphatic carbocycles. The molecule has 0 spiro atoms. The van der Waals surface area contributed by atoms with Crippen LogP contribution in [0.4, 0.5) is 14.5 Å². The second kappa shape index (κ2) is 6.36. The van der Waals surface area contributed by atoms with E-state index < -0.39 is 12.5 Å². The fourth-order valence-electron chi connectivity index (χ4n) is 1.80. The average Bonchev–Trinajstić information content (AvgIpc) is 2.46. The highest BCUT2D eigenvalue weighted by Gasteiger charge is 2.14. The molecular formula is C15H11ClF2N2. The Morgan fingerprint density at radius 2 is 1.75 bits per heavy atom. The van der Waals surface area contributed by atoms with Crippen molar-refractivity contribution in [3.05, 3.63) is 64.7 Å². The molecule has 1 N–H and O–H groups in total. The Morgan fingerprint density at radius 3 is 2.40 bits per heavy atom. The number of benzene rings is 2. The molecule has 0 aliphatic heterocycles. The molecule has 0 fully saturated rings. The summed E-state index contributed by atoms with van der Waals surface area (Å²) < 4.78 is 25.4. The highest BCUT2D eigenvalue weighted by atomic mass is 35.5. The van der Waals surface area contributed by atoms with Gasteiger partial charge in [-0.05, 0) is 23.8 Å². The number of halogens is 3. The van der Waals surface area contributed by atoms with Crippen LogP contribution in [0.1, 0.15) is 23.6 Å². The van der Waals surface area contributed by atoms with Gasteiger partial charge in [0.05, 0.1) is 16.8 Å². The summed E-state index contributed by atoms with van der Waals surface area (Å²) in [5.41, 5.74) is 0.956. The van der Waals surface area contributed by atoms with Crippen molar-refractivity contribution in [2.75, 3.05) is 5.32 Å². The summed E-state index contributed by atoms with van der Waals surface area (Å²) in [6, 6.07) is 14.1. The van der Waals surface area contributed by atoms with Gasteiger partial charge in [0.1, 0.15) is 6.04 Å². The van der Waals surface area contributed by atoms with Gasteiger partial charge >= 0.3 is 0 Å². The van der Waals surface area contributed by atoms with E-state index in [0.717, 1.165) is 0 Å². The zero-order valence-corrected chi connectivity index (χ0v) is 11.1. The first kappa shape index (κ1) is 14.3. The van der Waals surface area contributed by atoms with Crippen LogP contribution in [0.25, 0.3) is 0 Å². The monoisotopic (exact) mass is 292 g/mol. The summed E-state index contributed by atoms with van der Waals surface area (Å²) >= 11 is 6.00. The number of nitrogens with one attached hydrogen (secondary N) is 1. The van der Waals surface area contributed by atoms with Crippen LogP contribution in [0.15, 0.2) is 48.5 Å². The van der Waals surface area contributed by atoms with Crippen LogP contribution in [0.3, 0.4) is 0 Å². The lowest BCUT2D eigenvalue weighted by Gasteiger charge is -2.15. The lowest BCUT2D eigenvalue weighted by atomic mass is 10.0. The Kier molecular flexibility index (Phi) is 4.54. The fourth-order valence-corrected chi connectivity index (χ4v) is 1.99. The third-order valence-corrected chi connectivity index (χ3v) is 3.13. The van der Waals surface area contributed by atoms with Gasteiger partial charge in [-0.15, -0.1) is 0 Å². The van der Waals surface area contributed by atoms with Gasteiger partial charge in [-0.3, -0.25) is 0 Å². The first-order valence-electron chi connectivity index (χ1n) is 5.90. The Labute approximate surface area is 120 Å². The van der Waals surface area contributed by atoms with E-state index in [4.69, 9.17) is 11.6 Å². The van der Waals surface area contributed by atoms with E-state index in [2.05, 4.69) is 5.32 Å². The zero-order chi connectivity index (χ0) is 14.5. The molecule has 2 aromatic rings. The van der Waals surface area contributed by atoms with Crippen LogP contribution < -0.4 is 5.32 Å². The third kappa shape index (κ3) is 3.25. The van der Waals surface area contributed by atoms with E-state index in [-0.39, 0.29) is 5.56 Å². The van der Waals surface area contributed by atoms with E-state index in [1.807, 2.05) is 6.07 Å². The Hall–Kier alpha value is -2.12. The van der Waals surface area contributed by atoms with Crippen molar-refractivity contribution in [1.82, 2.24) is 0 Å². The summed E-state index contributed by atoms with van der Waals surface area (Å²) in [7, 11) is 0. The lowest BCUT2D eigenvalue weighted by molar-refractivity contribution is 0.151. The minimum Gasteiger partial charge on any atom is -0.365 e. The van der Waals surface area contributed by atoms with Gasteiger partial charge in [0.15, 0.2) is 0 Å². The highest BCUT2D eigenvalue weighted by molar-refractivity contribution is 6.33. The van der Waals surface area contributed by atoms with E-state index in [9.17, 15) is 14.0 Å². The molecule has 0 bridgehead atoms. The molecule has 0 saturated carbocycles. The third-order valence-electron chi connectivity index (χ3n) is 2.80. The van der Waals surface area contributed by atoms with Crippen LogP contribution in [-0.2, 0) is 0 Å². The molecule has 1 unspecified atom stereocenters. The summed E-state index contributed by atoms with van der Waals surface area (Å²) in [5.74, 6) is 0. The van der Waals surface area contributed by atoms with Crippen molar-refractivity contribution >= 4 is 17.3 Å². The van der Waals surface area contributed by atoms with Gasteiger partial charge in [0.25, 0.3) is 6.43 Å². The largest absolute Gasteiger partial charge is 0.365 e. The molecule has 2 aromatic carbocycles. The normalized spacial score (nSPS) is 11.9. The van der Waals surface area contributed by atoms with E-state index in [0.29, 0.717) is 16.3 Å². The number of hydrogen-bond donors (Lipinski definition) is 1. The fraction of sp³-hybridized carbons (Fsp3) is 0.133. The minimum absolute atomic E-state index is 0.108. The van der Waals surface area contributed by atoms with Crippen LogP contribution in [0.5, 0.6) is 0 Å². The molecule has 0 aromatic heterocycles. The van der Waals surface area contributed by atoms with Crippen molar-refractivity contribution in [2.45, 2.75) is 12.5 Å². The maximum absolute atomic E-state index is 12.7. The maximum Gasteiger partial charge on any atom is 0.263 e. The molecule has 20 heavy (non-hydrogen) atoms. The Morgan fingerprint density at radius 1 is 1.05 bits per heavy atom. The van der Waals surface area contributed by atoms with Gasteiger partial charge in [0.2, 0.25) is 0 Å². The smallest absolute Gasteiger partial charge is 0.263 e. The molecule has 2 rings (SSSR count). The quantitative estimate of drug-likeness (QED) is 0.865. The second-order valence-electron chi connectivity index (χ2n) is 4.16. The molecule has 0 radical (unpaired) electrons. The first-order valence-corrected chi connectivity index (χ1v) is 6.28. The van der Waals surface area contributed by atoms with Gasteiger partial charge < -0.3 is 5.32 Å². The van der Waals surface area contributed by atoms with Crippen LogP contribution >= 0.6 is 11.6 Å². The molecule has 102 valence electrons. The number of para-hydroxylation sites is 1. The first-order chi connectivity index (χ1) is 9.61. The van der Waals surface area contributed by atoms with Crippen molar-refractivity contribution in [2.24, 2.45) is 0 Å². The molecule has 5 heteroatoms. The number of alkyl halides is 2. The summed E-state index contributed by atoms with van der Waals surface area (Å²) in [6.45, 7) is 0. The summed E-state index contributed by atoms with van der Waals surface area (Å²) in [6.07, 6.45) is -2.56. The second-order valence-corrected chi connectivity index (χ2v) is 4.56. The molecule has 0 heterocycles. The SMILES string of the molecule is N#CC(Nc1ccccc1Cl)c1cccc(C(F)F)c1. The number of nitriles is 1. The number of rotatable bonds is 4. The topological polar surface area (TPSA) is 35.8 Å². The predicted molar refractivity (Wildman–Crippen MR) is 74.8 cm³/mol. The maximum atomic E-state index is 12.7. The van der Waals surface area contributed by atoms with Gasteiger partial charge in [0, 0.05) is 5.56 Å². The Balaban J connectivity index is 2.27. The van der Waals surface area contributed by atoms with E-state index in [1.165, 1.54) is 18.2 Å². The van der Waals surface area contributed by atoms with Gasteiger partial charge in [-0.25, -0.2) is 8.78 Å². The summed E-state index contributed by atoms with van der Waals surface area (Å²) in [5, 5.41) is 12.6. The molecule has 0 aliphatic rings. The van der Waals surface area contributed by atoms with Crippen molar-refractivity contribution in [3.63, 3.8) is 0 Å². The van der Waals surface area contributed by atoms with Crippen molar-refractivity contribution in [3.8, 4) is 6.07 Å². The minimum atomic E-state index is -2.56. The number of anilines is 1. The molecule has 2 nitrogen and oxygen atoms in total. The standard InChI is InChI=1S/C15H11ClF2N2/c16-12-6-1-2-7-13(12)20-14(9-19)10-4-3-5-11(8-10)15(17)18/h1-8,14-15,20H. The Bertz CT molecular complexity index is 638. The summed E-state index contributed by atoms with van der Waals surface area (Å²) in [4.78, 5) is 0. The number of nitrogens with zero attached hydrogens (tertiary/aromatic N) is 1.